The van der Waals surface area contributed by atoms with Gasteiger partial charge in [-0.2, -0.15) is 0 Å². The van der Waals surface area contributed by atoms with E-state index in [-0.39, 0.29) is 12.5 Å². The first kappa shape index (κ1) is 17.6. The lowest BCUT2D eigenvalue weighted by atomic mass is 10.3. The molecule has 0 saturated heterocycles. The summed E-state index contributed by atoms with van der Waals surface area (Å²) in [5.74, 6) is 0.310. The van der Waals surface area contributed by atoms with Gasteiger partial charge in [-0.25, -0.2) is 9.67 Å². The lowest BCUT2D eigenvalue weighted by molar-refractivity contribution is -0.116. The van der Waals surface area contributed by atoms with Crippen LogP contribution in [0.2, 0.25) is 5.02 Å². The number of carbonyl (C=O) groups excluding carboxylic acids is 1. The highest BCUT2D eigenvalue weighted by Gasteiger charge is 2.10. The van der Waals surface area contributed by atoms with E-state index in [2.05, 4.69) is 20.6 Å². The van der Waals surface area contributed by atoms with Gasteiger partial charge < -0.3 is 9.73 Å². The van der Waals surface area contributed by atoms with Crippen molar-refractivity contribution in [2.45, 2.75) is 17.5 Å². The molecule has 0 fully saturated rings. The zero-order chi connectivity index (χ0) is 18.6. The molecule has 9 heteroatoms. The maximum Gasteiger partial charge on any atom is 0.257 e. The predicted molar refractivity (Wildman–Crippen MR) is 104 cm³/mol. The summed E-state index contributed by atoms with van der Waals surface area (Å²) < 4.78 is 7.14. The van der Waals surface area contributed by atoms with Gasteiger partial charge >= 0.3 is 0 Å². The molecule has 0 aliphatic rings. The van der Waals surface area contributed by atoms with Crippen LogP contribution in [-0.4, -0.2) is 25.9 Å². The van der Waals surface area contributed by atoms with Gasteiger partial charge in [0.1, 0.15) is 12.1 Å². The van der Waals surface area contributed by atoms with Gasteiger partial charge in [0.05, 0.1) is 16.4 Å². The maximum absolute atomic E-state index is 12.1. The van der Waals surface area contributed by atoms with E-state index in [9.17, 15) is 4.79 Å². The molecule has 0 radical (unpaired) electrons. The Hall–Kier alpha value is -2.84. The number of hydrogen-bond acceptors (Lipinski definition) is 6. The Bertz CT molecular complexity index is 1060. The highest BCUT2D eigenvalue weighted by molar-refractivity contribution is 7.98. The summed E-state index contributed by atoms with van der Waals surface area (Å²) in [5.41, 5.74) is 2.86. The van der Waals surface area contributed by atoms with Crippen LogP contribution in [0, 0.1) is 0 Å². The second-order valence-electron chi connectivity index (χ2n) is 5.67. The van der Waals surface area contributed by atoms with Gasteiger partial charge in [0.25, 0.3) is 5.22 Å². The highest BCUT2D eigenvalue weighted by atomic mass is 35.5. The number of amides is 1. The second kappa shape index (κ2) is 7.81. The number of para-hydroxylation sites is 3. The largest absolute Gasteiger partial charge is 0.431 e. The van der Waals surface area contributed by atoms with Gasteiger partial charge in [-0.05, 0) is 24.3 Å². The molecule has 4 rings (SSSR count). The zero-order valence-electron chi connectivity index (χ0n) is 14.0. The molecule has 0 bridgehead atoms. The quantitative estimate of drug-likeness (QED) is 0.493. The maximum atomic E-state index is 12.1. The molecule has 0 aliphatic heterocycles. The molecule has 1 N–H and O–H groups in total. The molecule has 0 saturated carbocycles. The van der Waals surface area contributed by atoms with Crippen LogP contribution < -0.4 is 5.32 Å². The minimum Gasteiger partial charge on any atom is -0.431 e. The van der Waals surface area contributed by atoms with Gasteiger partial charge in [-0.15, -0.1) is 5.10 Å². The van der Waals surface area contributed by atoms with E-state index in [1.54, 1.807) is 30.5 Å². The van der Waals surface area contributed by atoms with Gasteiger partial charge in [0.2, 0.25) is 5.91 Å². The molecule has 0 atom stereocenters. The number of thioether (sulfide) groups is 1. The zero-order valence-corrected chi connectivity index (χ0v) is 15.6. The standard InChI is InChI=1S/C18H14ClN5O2S/c19-13-5-1-2-6-14(13)20-17(25)10-24-9-12(22-23-24)11-27-18-21-15-7-3-4-8-16(15)26-18/h1-9H,10-11H2,(H,20,25). The van der Waals surface area contributed by atoms with Crippen molar-refractivity contribution >= 4 is 46.1 Å². The Kier molecular flexibility index (Phi) is 5.08. The summed E-state index contributed by atoms with van der Waals surface area (Å²) in [4.78, 5) is 16.5. The number of nitrogens with zero attached hydrogens (tertiary/aromatic N) is 4. The molecule has 0 unspecified atom stereocenters. The van der Waals surface area contributed by atoms with Crippen LogP contribution in [0.15, 0.2) is 64.4 Å². The fraction of sp³-hybridized carbons (Fsp3) is 0.111. The van der Waals surface area contributed by atoms with Crippen molar-refractivity contribution in [3.05, 3.63) is 65.4 Å². The summed E-state index contributed by atoms with van der Waals surface area (Å²) in [6.07, 6.45) is 1.72. The van der Waals surface area contributed by atoms with E-state index in [4.69, 9.17) is 16.0 Å². The molecule has 27 heavy (non-hydrogen) atoms. The van der Waals surface area contributed by atoms with Crippen molar-refractivity contribution in [2.24, 2.45) is 0 Å². The molecule has 0 spiro atoms. The van der Waals surface area contributed by atoms with Crippen LogP contribution >= 0.6 is 23.4 Å². The molecular weight excluding hydrogens is 386 g/mol. The van der Waals surface area contributed by atoms with Crippen LogP contribution in [-0.2, 0) is 17.1 Å². The molecule has 2 aromatic carbocycles. The van der Waals surface area contributed by atoms with E-state index in [1.165, 1.54) is 16.4 Å². The summed E-state index contributed by atoms with van der Waals surface area (Å²) in [6, 6.07) is 14.7. The Labute approximate surface area is 163 Å². The first-order valence-electron chi connectivity index (χ1n) is 8.09. The number of hydrogen-bond donors (Lipinski definition) is 1. The van der Waals surface area contributed by atoms with E-state index in [1.807, 2.05) is 24.3 Å². The first-order valence-corrected chi connectivity index (χ1v) is 9.45. The molecule has 0 aliphatic carbocycles. The van der Waals surface area contributed by atoms with Crippen LogP contribution in [0.3, 0.4) is 0 Å². The van der Waals surface area contributed by atoms with Gasteiger partial charge in [-0.3, -0.25) is 4.79 Å². The second-order valence-corrected chi connectivity index (χ2v) is 7.01. The number of carbonyl (C=O) groups is 1. The SMILES string of the molecule is O=C(Cn1cc(CSc2nc3ccccc3o2)nn1)Nc1ccccc1Cl. The fourth-order valence-corrected chi connectivity index (χ4v) is 3.33. The van der Waals surface area contributed by atoms with Crippen LogP contribution in [0.4, 0.5) is 5.69 Å². The Morgan fingerprint density at radius 1 is 1.19 bits per heavy atom. The number of halogens is 1. The number of aromatic nitrogens is 4. The lowest BCUT2D eigenvalue weighted by Gasteiger charge is -2.06. The first-order chi connectivity index (χ1) is 13.2. The number of nitrogens with one attached hydrogen (secondary N) is 1. The summed E-state index contributed by atoms with van der Waals surface area (Å²) >= 11 is 7.46. The van der Waals surface area contributed by atoms with E-state index >= 15 is 0 Å². The third-order valence-electron chi connectivity index (χ3n) is 3.66. The van der Waals surface area contributed by atoms with E-state index < -0.39 is 0 Å². The van der Waals surface area contributed by atoms with Crippen molar-refractivity contribution < 1.29 is 9.21 Å². The van der Waals surface area contributed by atoms with Gasteiger partial charge in [0, 0.05) is 11.9 Å². The molecule has 7 nitrogen and oxygen atoms in total. The van der Waals surface area contributed by atoms with Crippen molar-refractivity contribution in [3.63, 3.8) is 0 Å². The molecule has 136 valence electrons. The topological polar surface area (TPSA) is 85.8 Å². The Morgan fingerprint density at radius 2 is 2.00 bits per heavy atom. The van der Waals surface area contributed by atoms with Crippen molar-refractivity contribution in [3.8, 4) is 0 Å². The highest BCUT2D eigenvalue weighted by Crippen LogP contribution is 2.25. The molecule has 2 aromatic heterocycles. The minimum absolute atomic E-state index is 0.0474. The van der Waals surface area contributed by atoms with Gasteiger partial charge in [-0.1, -0.05) is 52.8 Å². The molecular formula is C18H14ClN5O2S. The Morgan fingerprint density at radius 3 is 2.85 bits per heavy atom. The van der Waals surface area contributed by atoms with Gasteiger partial charge in [0.15, 0.2) is 5.58 Å². The average Bonchev–Trinajstić information content (AvgIpc) is 3.28. The number of benzene rings is 2. The number of fused-ring (bicyclic) bond motifs is 1. The summed E-state index contributed by atoms with van der Waals surface area (Å²) in [7, 11) is 0. The number of rotatable bonds is 6. The van der Waals surface area contributed by atoms with Crippen LogP contribution in [0.5, 0.6) is 0 Å². The minimum atomic E-state index is -0.230. The lowest BCUT2D eigenvalue weighted by Crippen LogP contribution is -2.19. The molecule has 4 aromatic rings. The molecule has 2 heterocycles. The third-order valence-corrected chi connectivity index (χ3v) is 4.85. The van der Waals surface area contributed by atoms with Crippen LogP contribution in [0.25, 0.3) is 11.1 Å². The third kappa shape index (κ3) is 4.29. The van der Waals surface area contributed by atoms with E-state index in [0.717, 1.165) is 16.8 Å². The summed E-state index contributed by atoms with van der Waals surface area (Å²) in [5, 5.41) is 11.9. The Balaban J connectivity index is 1.34. The van der Waals surface area contributed by atoms with E-state index in [0.29, 0.717) is 21.7 Å². The van der Waals surface area contributed by atoms with Crippen molar-refractivity contribution in [1.29, 1.82) is 0 Å². The van der Waals surface area contributed by atoms with Crippen molar-refractivity contribution in [1.82, 2.24) is 20.0 Å². The normalized spacial score (nSPS) is 11.0. The number of oxazole rings is 1. The van der Waals surface area contributed by atoms with Crippen LogP contribution in [0.1, 0.15) is 5.69 Å². The number of anilines is 1. The smallest absolute Gasteiger partial charge is 0.257 e. The monoisotopic (exact) mass is 399 g/mol. The summed E-state index contributed by atoms with van der Waals surface area (Å²) in [6.45, 7) is 0.0474. The van der Waals surface area contributed by atoms with Crippen molar-refractivity contribution in [2.75, 3.05) is 5.32 Å². The average molecular weight is 400 g/mol. The fourth-order valence-electron chi connectivity index (χ4n) is 2.43. The molecule has 1 amide bonds. The predicted octanol–water partition coefficient (Wildman–Crippen LogP) is 4.00.